The lowest BCUT2D eigenvalue weighted by molar-refractivity contribution is 0.101. The summed E-state index contributed by atoms with van der Waals surface area (Å²) in [7, 11) is 0. The third-order valence-corrected chi connectivity index (χ3v) is 3.67. The van der Waals surface area contributed by atoms with Crippen LogP contribution >= 0.6 is 0 Å². The van der Waals surface area contributed by atoms with E-state index in [1.807, 2.05) is 29.2 Å². The van der Waals surface area contributed by atoms with Crippen LogP contribution in [0.15, 0.2) is 34.9 Å². The van der Waals surface area contributed by atoms with Gasteiger partial charge in [-0.25, -0.2) is 0 Å². The van der Waals surface area contributed by atoms with E-state index in [0.29, 0.717) is 19.1 Å². The van der Waals surface area contributed by atoms with Gasteiger partial charge >= 0.3 is 0 Å². The van der Waals surface area contributed by atoms with Crippen LogP contribution in [0.3, 0.4) is 0 Å². The third-order valence-electron chi connectivity index (χ3n) is 3.67. The molecular weight excluding hydrogens is 282 g/mol. The summed E-state index contributed by atoms with van der Waals surface area (Å²) in [5, 5.41) is 6.67. The van der Waals surface area contributed by atoms with Crippen LogP contribution in [0.1, 0.15) is 23.0 Å². The molecule has 1 aliphatic heterocycles. The van der Waals surface area contributed by atoms with Gasteiger partial charge in [0, 0.05) is 24.8 Å². The smallest absolute Gasteiger partial charge is 0.277 e. The van der Waals surface area contributed by atoms with Crippen molar-refractivity contribution in [1.29, 1.82) is 0 Å². The van der Waals surface area contributed by atoms with Crippen LogP contribution < -0.4 is 10.2 Å². The number of carbonyl (C=O) groups is 1. The molecule has 22 heavy (non-hydrogen) atoms. The Morgan fingerprint density at radius 3 is 2.68 bits per heavy atom. The summed E-state index contributed by atoms with van der Waals surface area (Å²) in [5.41, 5.74) is 2.26. The Bertz CT molecular complexity index is 630. The zero-order chi connectivity index (χ0) is 15.4. The molecule has 1 N–H and O–H groups in total. The molecule has 1 amide bonds. The summed E-state index contributed by atoms with van der Waals surface area (Å²) in [6.45, 7) is 4.90. The minimum atomic E-state index is -0.271. The van der Waals surface area contributed by atoms with Crippen molar-refractivity contribution in [3.05, 3.63) is 41.6 Å². The Balaban J connectivity index is 1.65. The maximum atomic E-state index is 12.2. The highest BCUT2D eigenvalue weighted by Gasteiger charge is 2.19. The van der Waals surface area contributed by atoms with Gasteiger partial charge in [0.25, 0.3) is 5.91 Å². The second-order valence-electron chi connectivity index (χ2n) is 5.15. The number of aryl methyl sites for hydroxylation is 1. The molecule has 2 heterocycles. The molecule has 0 radical (unpaired) electrons. The fourth-order valence-corrected chi connectivity index (χ4v) is 2.32. The minimum Gasteiger partial charge on any atom is -0.378 e. The lowest BCUT2D eigenvalue weighted by Crippen LogP contribution is -2.35. The number of aromatic nitrogens is 1. The van der Waals surface area contributed by atoms with Gasteiger partial charge in [-0.05, 0) is 24.1 Å². The van der Waals surface area contributed by atoms with Crippen molar-refractivity contribution in [3.8, 4) is 0 Å². The first-order chi connectivity index (χ1) is 10.8. The van der Waals surface area contributed by atoms with Crippen molar-refractivity contribution in [3.63, 3.8) is 0 Å². The van der Waals surface area contributed by atoms with Crippen LogP contribution in [-0.4, -0.2) is 37.4 Å². The Labute approximate surface area is 129 Å². The van der Waals surface area contributed by atoms with Crippen molar-refractivity contribution < 1.29 is 14.1 Å². The summed E-state index contributed by atoms with van der Waals surface area (Å²) >= 11 is 0. The zero-order valence-electron chi connectivity index (χ0n) is 12.5. The topological polar surface area (TPSA) is 67.6 Å². The first kappa shape index (κ1) is 14.6. The molecule has 0 bridgehead atoms. The summed E-state index contributed by atoms with van der Waals surface area (Å²) < 4.78 is 10.5. The molecule has 0 atom stereocenters. The average Bonchev–Trinajstić information content (AvgIpc) is 3.06. The van der Waals surface area contributed by atoms with Crippen molar-refractivity contribution >= 4 is 17.5 Å². The van der Waals surface area contributed by atoms with E-state index in [1.54, 1.807) is 6.07 Å². The van der Waals surface area contributed by atoms with Gasteiger partial charge < -0.3 is 19.5 Å². The number of benzene rings is 1. The molecular formula is C16H19N3O3. The highest BCUT2D eigenvalue weighted by Crippen LogP contribution is 2.18. The summed E-state index contributed by atoms with van der Waals surface area (Å²) in [6.07, 6.45) is 0.973. The SMILES string of the molecule is CCc1ccc(NC(=O)c2cc(N3CCOCC3)on2)cc1. The molecule has 6 heteroatoms. The molecule has 3 rings (SSSR count). The van der Waals surface area contributed by atoms with Gasteiger partial charge in [0.15, 0.2) is 5.69 Å². The van der Waals surface area contributed by atoms with E-state index in [-0.39, 0.29) is 11.6 Å². The highest BCUT2D eigenvalue weighted by molar-refractivity contribution is 6.03. The first-order valence-electron chi connectivity index (χ1n) is 7.46. The number of nitrogens with one attached hydrogen (secondary N) is 1. The number of carbonyl (C=O) groups excluding carboxylic acids is 1. The summed E-state index contributed by atoms with van der Waals surface area (Å²) in [5.74, 6) is 0.335. The van der Waals surface area contributed by atoms with E-state index >= 15 is 0 Å². The van der Waals surface area contributed by atoms with Gasteiger partial charge in [-0.1, -0.05) is 24.2 Å². The van der Waals surface area contributed by atoms with Crippen LogP contribution in [0.2, 0.25) is 0 Å². The molecule has 0 spiro atoms. The van der Waals surface area contributed by atoms with Crippen LogP contribution in [0.25, 0.3) is 0 Å². The molecule has 1 aromatic heterocycles. The van der Waals surface area contributed by atoms with Crippen molar-refractivity contribution in [2.75, 3.05) is 36.5 Å². The maximum absolute atomic E-state index is 12.2. The Morgan fingerprint density at radius 1 is 1.27 bits per heavy atom. The van der Waals surface area contributed by atoms with Crippen LogP contribution in [-0.2, 0) is 11.2 Å². The normalized spacial score (nSPS) is 14.9. The average molecular weight is 301 g/mol. The fraction of sp³-hybridized carbons (Fsp3) is 0.375. The van der Waals surface area contributed by atoms with Crippen LogP contribution in [0, 0.1) is 0 Å². The third kappa shape index (κ3) is 3.28. The zero-order valence-corrected chi connectivity index (χ0v) is 12.5. The number of rotatable bonds is 4. The fourth-order valence-electron chi connectivity index (χ4n) is 2.32. The molecule has 1 fully saturated rings. The van der Waals surface area contributed by atoms with Gasteiger partial charge in [-0.3, -0.25) is 4.79 Å². The Kier molecular flexibility index (Phi) is 4.39. The number of nitrogens with zero attached hydrogens (tertiary/aromatic N) is 2. The van der Waals surface area contributed by atoms with E-state index in [4.69, 9.17) is 9.26 Å². The molecule has 0 saturated carbocycles. The number of amides is 1. The molecule has 1 aliphatic rings. The second kappa shape index (κ2) is 6.62. The van der Waals surface area contributed by atoms with Gasteiger partial charge in [0.05, 0.1) is 13.2 Å². The number of hydrogen-bond donors (Lipinski definition) is 1. The van der Waals surface area contributed by atoms with Crippen molar-refractivity contribution in [2.24, 2.45) is 0 Å². The van der Waals surface area contributed by atoms with Gasteiger partial charge in [-0.2, -0.15) is 0 Å². The van der Waals surface area contributed by atoms with Crippen LogP contribution in [0.5, 0.6) is 0 Å². The predicted octanol–water partition coefficient (Wildman–Crippen LogP) is 2.33. The van der Waals surface area contributed by atoms with Crippen molar-refractivity contribution in [2.45, 2.75) is 13.3 Å². The number of anilines is 2. The lowest BCUT2D eigenvalue weighted by Gasteiger charge is -2.25. The first-order valence-corrected chi connectivity index (χ1v) is 7.46. The van der Waals surface area contributed by atoms with E-state index in [1.165, 1.54) is 5.56 Å². The molecule has 1 aromatic carbocycles. The molecule has 2 aromatic rings. The van der Waals surface area contributed by atoms with Crippen LogP contribution in [0.4, 0.5) is 11.6 Å². The Hall–Kier alpha value is -2.34. The molecule has 1 saturated heterocycles. The second-order valence-corrected chi connectivity index (χ2v) is 5.15. The van der Waals surface area contributed by atoms with Gasteiger partial charge in [-0.15, -0.1) is 0 Å². The number of hydrogen-bond acceptors (Lipinski definition) is 5. The number of ether oxygens (including phenoxy) is 1. The van der Waals surface area contributed by atoms with Gasteiger partial charge in [0.2, 0.25) is 5.88 Å². The molecule has 116 valence electrons. The Morgan fingerprint density at radius 2 is 2.00 bits per heavy atom. The summed E-state index contributed by atoms with van der Waals surface area (Å²) in [4.78, 5) is 14.2. The van der Waals surface area contributed by atoms with Gasteiger partial charge in [0.1, 0.15) is 0 Å². The van der Waals surface area contributed by atoms with E-state index < -0.39 is 0 Å². The van der Waals surface area contributed by atoms with Crippen molar-refractivity contribution in [1.82, 2.24) is 5.16 Å². The lowest BCUT2D eigenvalue weighted by atomic mass is 10.1. The predicted molar refractivity (Wildman–Crippen MR) is 83.3 cm³/mol. The van der Waals surface area contributed by atoms with E-state index in [2.05, 4.69) is 17.4 Å². The maximum Gasteiger partial charge on any atom is 0.277 e. The highest BCUT2D eigenvalue weighted by atomic mass is 16.5. The monoisotopic (exact) mass is 301 g/mol. The minimum absolute atomic E-state index is 0.271. The molecule has 0 unspecified atom stereocenters. The molecule has 6 nitrogen and oxygen atoms in total. The summed E-state index contributed by atoms with van der Waals surface area (Å²) in [6, 6.07) is 9.44. The number of morpholine rings is 1. The van der Waals surface area contributed by atoms with E-state index in [9.17, 15) is 4.79 Å². The van der Waals surface area contributed by atoms with E-state index in [0.717, 1.165) is 25.2 Å². The standard InChI is InChI=1S/C16H19N3O3/c1-2-12-3-5-13(6-4-12)17-16(20)14-11-15(22-18-14)19-7-9-21-10-8-19/h3-6,11H,2,7-10H2,1H3,(H,17,20). The quantitative estimate of drug-likeness (QED) is 0.938. The molecule has 0 aliphatic carbocycles. The largest absolute Gasteiger partial charge is 0.378 e.